The van der Waals surface area contributed by atoms with E-state index >= 15 is 0 Å². The lowest BCUT2D eigenvalue weighted by Crippen LogP contribution is -2.54. The molecule has 1 rings (SSSR count). The number of hydrogen-bond acceptors (Lipinski definition) is 3. The number of carbonyl (C=O) groups is 1. The number of hydrogen-bond donors (Lipinski definition) is 0. The first-order valence-electron chi connectivity index (χ1n) is 6.04. The molecule has 0 radical (unpaired) electrons. The van der Waals surface area contributed by atoms with Crippen molar-refractivity contribution in [1.29, 1.82) is 0 Å². The Hall–Kier alpha value is -0.660. The highest BCUT2D eigenvalue weighted by atomic mass is 32.2. The number of piperazine rings is 1. The van der Waals surface area contributed by atoms with Crippen molar-refractivity contribution >= 4 is 16.1 Å². The Balaban J connectivity index is 2.65. The summed E-state index contributed by atoms with van der Waals surface area (Å²) in [5, 5.41) is 0. The first-order chi connectivity index (χ1) is 8.06. The minimum atomic E-state index is -3.36. The predicted molar refractivity (Wildman–Crippen MR) is 70.2 cm³/mol. The molecular weight excluding hydrogens is 254 g/mol. The van der Waals surface area contributed by atoms with Crippen LogP contribution in [0.3, 0.4) is 0 Å². The predicted octanol–water partition coefficient (Wildman–Crippen LogP) is -0.0169. The molecule has 0 aromatic rings. The summed E-state index contributed by atoms with van der Waals surface area (Å²) < 4.78 is 26.4. The van der Waals surface area contributed by atoms with Crippen LogP contribution >= 0.6 is 0 Å². The van der Waals surface area contributed by atoms with Crippen molar-refractivity contribution in [3.63, 3.8) is 0 Å². The van der Waals surface area contributed by atoms with E-state index in [1.54, 1.807) is 4.90 Å². The van der Waals surface area contributed by atoms with Gasteiger partial charge in [-0.05, 0) is 0 Å². The monoisotopic (exact) mass is 277 g/mol. The maximum absolute atomic E-state index is 12.1. The van der Waals surface area contributed by atoms with E-state index in [1.165, 1.54) is 22.7 Å². The Labute approximate surface area is 110 Å². The van der Waals surface area contributed by atoms with Gasteiger partial charge in [0.2, 0.25) is 5.91 Å². The molecule has 106 valence electrons. The van der Waals surface area contributed by atoms with Gasteiger partial charge in [-0.2, -0.15) is 17.0 Å². The molecule has 18 heavy (non-hydrogen) atoms. The molecule has 0 aromatic carbocycles. The Morgan fingerprint density at radius 1 is 1.06 bits per heavy atom. The Kier molecular flexibility index (Phi) is 4.40. The Bertz CT molecular complexity index is 404. The molecule has 0 N–H and O–H groups in total. The van der Waals surface area contributed by atoms with E-state index < -0.39 is 15.6 Å². The summed E-state index contributed by atoms with van der Waals surface area (Å²) in [7, 11) is -0.324. The van der Waals surface area contributed by atoms with E-state index in [9.17, 15) is 13.2 Å². The van der Waals surface area contributed by atoms with E-state index in [-0.39, 0.29) is 5.91 Å². The molecule has 1 fully saturated rings. The molecule has 0 aliphatic carbocycles. The highest BCUT2D eigenvalue weighted by Gasteiger charge is 2.33. The normalized spacial score (nSPS) is 19.3. The average molecular weight is 277 g/mol. The number of nitrogens with zero attached hydrogens (tertiary/aromatic N) is 3. The minimum absolute atomic E-state index is 0.0735. The molecule has 1 saturated heterocycles. The van der Waals surface area contributed by atoms with Crippen LogP contribution in [0.15, 0.2) is 0 Å². The van der Waals surface area contributed by atoms with Gasteiger partial charge >= 0.3 is 0 Å². The summed E-state index contributed by atoms with van der Waals surface area (Å²) in [6, 6.07) is 0. The maximum atomic E-state index is 12.1. The second-order valence-electron chi connectivity index (χ2n) is 5.73. The quantitative estimate of drug-likeness (QED) is 0.713. The van der Waals surface area contributed by atoms with Gasteiger partial charge in [0.25, 0.3) is 10.2 Å². The molecule has 1 aliphatic heterocycles. The van der Waals surface area contributed by atoms with Crippen molar-refractivity contribution in [2.75, 3.05) is 40.3 Å². The van der Waals surface area contributed by atoms with Gasteiger partial charge in [0, 0.05) is 45.7 Å². The maximum Gasteiger partial charge on any atom is 0.281 e. The molecule has 0 aromatic heterocycles. The summed E-state index contributed by atoms with van der Waals surface area (Å²) >= 11 is 0. The third-order valence-corrected chi connectivity index (χ3v) is 4.90. The molecule has 1 aliphatic rings. The van der Waals surface area contributed by atoms with Crippen molar-refractivity contribution < 1.29 is 13.2 Å². The zero-order valence-corrected chi connectivity index (χ0v) is 12.6. The molecule has 0 bridgehead atoms. The smallest absolute Gasteiger partial charge is 0.281 e. The number of rotatable bonds is 2. The van der Waals surface area contributed by atoms with Crippen molar-refractivity contribution in [3.05, 3.63) is 0 Å². The highest BCUT2D eigenvalue weighted by Crippen LogP contribution is 2.19. The van der Waals surface area contributed by atoms with Crippen molar-refractivity contribution in [3.8, 4) is 0 Å². The molecule has 0 spiro atoms. The van der Waals surface area contributed by atoms with Gasteiger partial charge in [0.15, 0.2) is 0 Å². The fraction of sp³-hybridized carbons (Fsp3) is 0.909. The Morgan fingerprint density at radius 3 is 1.83 bits per heavy atom. The van der Waals surface area contributed by atoms with Crippen molar-refractivity contribution in [2.45, 2.75) is 20.8 Å². The fourth-order valence-electron chi connectivity index (χ4n) is 1.83. The van der Waals surface area contributed by atoms with Gasteiger partial charge in [-0.15, -0.1) is 0 Å². The second-order valence-corrected chi connectivity index (χ2v) is 7.87. The summed E-state index contributed by atoms with van der Waals surface area (Å²) in [5.74, 6) is 0.0735. The average Bonchev–Trinajstić information content (AvgIpc) is 2.26. The molecule has 0 saturated carbocycles. The topological polar surface area (TPSA) is 60.9 Å². The zero-order chi connectivity index (χ0) is 14.1. The summed E-state index contributed by atoms with van der Waals surface area (Å²) in [5.41, 5.74) is -0.414. The lowest BCUT2D eigenvalue weighted by Gasteiger charge is -2.37. The molecular formula is C11H23N3O3S. The first kappa shape index (κ1) is 15.4. The SMILES string of the molecule is CN(C)S(=O)(=O)N1CCN(C(=O)C(C)(C)C)CC1. The molecule has 6 nitrogen and oxygen atoms in total. The van der Waals surface area contributed by atoms with Crippen molar-refractivity contribution in [2.24, 2.45) is 5.41 Å². The molecule has 0 atom stereocenters. The largest absolute Gasteiger partial charge is 0.340 e. The third kappa shape index (κ3) is 3.21. The minimum Gasteiger partial charge on any atom is -0.340 e. The van der Waals surface area contributed by atoms with Gasteiger partial charge in [-0.25, -0.2) is 0 Å². The Morgan fingerprint density at radius 2 is 1.50 bits per heavy atom. The van der Waals surface area contributed by atoms with Gasteiger partial charge in [0.1, 0.15) is 0 Å². The molecule has 0 unspecified atom stereocenters. The van der Waals surface area contributed by atoms with Crippen LogP contribution in [0.25, 0.3) is 0 Å². The lowest BCUT2D eigenvalue weighted by atomic mass is 9.94. The summed E-state index contributed by atoms with van der Waals surface area (Å²) in [6.45, 7) is 7.27. The molecule has 7 heteroatoms. The van der Waals surface area contributed by atoms with E-state index in [1.807, 2.05) is 20.8 Å². The standard InChI is InChI=1S/C11H23N3O3S/c1-11(2,3)10(15)13-6-8-14(9-7-13)18(16,17)12(4)5/h6-9H2,1-5H3. The summed E-state index contributed by atoms with van der Waals surface area (Å²) in [6.07, 6.45) is 0. The van der Waals surface area contributed by atoms with Crippen LogP contribution in [0.5, 0.6) is 0 Å². The van der Waals surface area contributed by atoms with Gasteiger partial charge in [-0.1, -0.05) is 20.8 Å². The molecule has 1 heterocycles. The third-order valence-electron chi connectivity index (χ3n) is 2.96. The van der Waals surface area contributed by atoms with E-state index in [2.05, 4.69) is 0 Å². The second kappa shape index (κ2) is 5.14. The van der Waals surface area contributed by atoms with Crippen LogP contribution in [0, 0.1) is 5.41 Å². The fourth-order valence-corrected chi connectivity index (χ4v) is 2.91. The summed E-state index contributed by atoms with van der Waals surface area (Å²) in [4.78, 5) is 13.8. The van der Waals surface area contributed by atoms with E-state index in [0.717, 1.165) is 0 Å². The first-order valence-corrected chi connectivity index (χ1v) is 7.43. The molecule has 1 amide bonds. The number of amides is 1. The van der Waals surface area contributed by atoms with Crippen LogP contribution in [-0.4, -0.2) is 68.1 Å². The van der Waals surface area contributed by atoms with Crippen LogP contribution < -0.4 is 0 Å². The number of carbonyl (C=O) groups excluding carboxylic acids is 1. The zero-order valence-electron chi connectivity index (χ0n) is 11.8. The van der Waals surface area contributed by atoms with Crippen LogP contribution in [-0.2, 0) is 15.0 Å². The van der Waals surface area contributed by atoms with Gasteiger partial charge in [0.05, 0.1) is 0 Å². The highest BCUT2D eigenvalue weighted by molar-refractivity contribution is 7.86. The van der Waals surface area contributed by atoms with Crippen LogP contribution in [0.1, 0.15) is 20.8 Å². The van der Waals surface area contributed by atoms with E-state index in [4.69, 9.17) is 0 Å². The van der Waals surface area contributed by atoms with Gasteiger partial charge < -0.3 is 4.90 Å². The van der Waals surface area contributed by atoms with Crippen molar-refractivity contribution in [1.82, 2.24) is 13.5 Å². The van der Waals surface area contributed by atoms with E-state index in [0.29, 0.717) is 26.2 Å². The van der Waals surface area contributed by atoms with Crippen LogP contribution in [0.4, 0.5) is 0 Å². The lowest BCUT2D eigenvalue weighted by molar-refractivity contribution is -0.140. The van der Waals surface area contributed by atoms with Crippen LogP contribution in [0.2, 0.25) is 0 Å². The van der Waals surface area contributed by atoms with Gasteiger partial charge in [-0.3, -0.25) is 4.79 Å².